The van der Waals surface area contributed by atoms with Crippen molar-refractivity contribution in [2.75, 3.05) is 13.2 Å². The summed E-state index contributed by atoms with van der Waals surface area (Å²) in [5.41, 5.74) is -1.26. The Kier molecular flexibility index (Phi) is 12.0. The van der Waals surface area contributed by atoms with Crippen molar-refractivity contribution in [1.29, 1.82) is 0 Å². The first-order valence-electron chi connectivity index (χ1n) is 9.31. The van der Waals surface area contributed by atoms with Crippen LogP contribution in [-0.2, 0) is 23.8 Å². The third kappa shape index (κ3) is 13.4. The van der Waals surface area contributed by atoms with Gasteiger partial charge in [0, 0.05) is 18.9 Å². The molecule has 0 aromatic heterocycles. The number of ether oxygens (including phenoxy) is 3. The van der Waals surface area contributed by atoms with Crippen molar-refractivity contribution in [2.45, 2.75) is 65.5 Å². The lowest BCUT2D eigenvalue weighted by molar-refractivity contribution is -0.148. The van der Waals surface area contributed by atoms with Gasteiger partial charge in [0.05, 0.1) is 0 Å². The molecule has 0 atom stereocenters. The molecular formula is C21H31BrClNO6. The fourth-order valence-electron chi connectivity index (χ4n) is 2.22. The molecule has 0 aromatic rings. The standard InChI is InChI=1S/C21H31BrClNO6/c1-14(22)8-9-18(15(2)23)10-11-21(12-28-16(3)25,13-29-17(4)26)24-19(27)30-20(5,6)7/h8-9H,2,10-13H2,1,3-7H3,(H,24,27)/b14-8+,18-9-. The Hall–Kier alpha value is -1.80. The number of amides is 1. The molecule has 0 spiro atoms. The van der Waals surface area contributed by atoms with Crippen LogP contribution in [0, 0.1) is 0 Å². The molecule has 0 heterocycles. The Morgan fingerprint density at radius 1 is 1.03 bits per heavy atom. The summed E-state index contributed by atoms with van der Waals surface area (Å²) in [5.74, 6) is -1.08. The summed E-state index contributed by atoms with van der Waals surface area (Å²) in [4.78, 5) is 35.3. The average molecular weight is 509 g/mol. The predicted molar refractivity (Wildman–Crippen MR) is 120 cm³/mol. The van der Waals surface area contributed by atoms with Crippen LogP contribution >= 0.6 is 27.5 Å². The van der Waals surface area contributed by atoms with Gasteiger partial charge < -0.3 is 19.5 Å². The molecule has 0 radical (unpaired) electrons. The van der Waals surface area contributed by atoms with Crippen LogP contribution in [0.25, 0.3) is 0 Å². The summed E-state index contributed by atoms with van der Waals surface area (Å²) in [6.07, 6.45) is 3.46. The molecule has 170 valence electrons. The van der Waals surface area contributed by atoms with Gasteiger partial charge in [0.25, 0.3) is 0 Å². The van der Waals surface area contributed by atoms with Crippen molar-refractivity contribution >= 4 is 45.6 Å². The Morgan fingerprint density at radius 2 is 1.53 bits per heavy atom. The number of esters is 2. The normalized spacial score (nSPS) is 12.8. The number of allylic oxidation sites excluding steroid dienone is 5. The summed E-state index contributed by atoms with van der Waals surface area (Å²) >= 11 is 9.45. The second-order valence-corrected chi connectivity index (χ2v) is 9.53. The predicted octanol–water partition coefficient (Wildman–Crippen LogP) is 5.13. The molecule has 0 saturated heterocycles. The zero-order chi connectivity index (χ0) is 23.5. The van der Waals surface area contributed by atoms with Crippen LogP contribution in [0.1, 0.15) is 54.4 Å². The second-order valence-electron chi connectivity index (χ2n) is 7.82. The summed E-state index contributed by atoms with van der Waals surface area (Å²) < 4.78 is 16.6. The van der Waals surface area contributed by atoms with Crippen LogP contribution in [0.5, 0.6) is 0 Å². The zero-order valence-corrected chi connectivity index (χ0v) is 20.7. The number of hydrogen-bond acceptors (Lipinski definition) is 6. The van der Waals surface area contributed by atoms with E-state index in [-0.39, 0.29) is 19.6 Å². The molecule has 0 aliphatic heterocycles. The largest absolute Gasteiger partial charge is 0.463 e. The quantitative estimate of drug-likeness (QED) is 0.250. The SMILES string of the molecule is C=C(Cl)/C(=C\C=C(/C)Br)CCC(COC(C)=O)(COC(C)=O)NC(=O)OC(C)(C)C. The number of hydrogen-bond donors (Lipinski definition) is 1. The number of rotatable bonds is 10. The molecular weight excluding hydrogens is 478 g/mol. The Labute approximate surface area is 192 Å². The number of halogens is 2. The van der Waals surface area contributed by atoms with Gasteiger partial charge in [0.15, 0.2) is 0 Å². The number of nitrogens with one attached hydrogen (secondary N) is 1. The molecule has 30 heavy (non-hydrogen) atoms. The molecule has 0 rings (SSSR count). The van der Waals surface area contributed by atoms with Crippen LogP contribution in [0.2, 0.25) is 0 Å². The van der Waals surface area contributed by atoms with Gasteiger partial charge in [-0.1, -0.05) is 46.3 Å². The average Bonchev–Trinajstić information content (AvgIpc) is 2.55. The molecule has 0 fully saturated rings. The van der Waals surface area contributed by atoms with Gasteiger partial charge in [-0.15, -0.1) is 0 Å². The fourth-order valence-corrected chi connectivity index (χ4v) is 2.51. The van der Waals surface area contributed by atoms with E-state index in [0.717, 1.165) is 4.48 Å². The summed E-state index contributed by atoms with van der Waals surface area (Å²) in [6, 6.07) is 0. The highest BCUT2D eigenvalue weighted by molar-refractivity contribution is 9.11. The molecule has 0 aliphatic rings. The molecule has 0 saturated carbocycles. The summed E-state index contributed by atoms with van der Waals surface area (Å²) in [5, 5.41) is 3.04. The molecule has 0 unspecified atom stereocenters. The van der Waals surface area contributed by atoms with E-state index in [2.05, 4.69) is 27.8 Å². The minimum absolute atomic E-state index is 0.218. The first-order chi connectivity index (χ1) is 13.7. The fraction of sp³-hybridized carbons (Fsp3) is 0.571. The highest BCUT2D eigenvalue weighted by atomic mass is 79.9. The van der Waals surface area contributed by atoms with Crippen LogP contribution in [0.15, 0.2) is 33.8 Å². The zero-order valence-electron chi connectivity index (χ0n) is 18.4. The van der Waals surface area contributed by atoms with Crippen molar-refractivity contribution in [3.8, 4) is 0 Å². The second kappa shape index (κ2) is 12.8. The van der Waals surface area contributed by atoms with Crippen molar-refractivity contribution in [3.05, 3.63) is 33.8 Å². The lowest BCUT2D eigenvalue weighted by Crippen LogP contribution is -2.56. The first kappa shape index (κ1) is 28.2. The molecule has 9 heteroatoms. The van der Waals surface area contributed by atoms with Gasteiger partial charge in [0.2, 0.25) is 0 Å². The van der Waals surface area contributed by atoms with Crippen molar-refractivity contribution in [2.24, 2.45) is 0 Å². The summed E-state index contributed by atoms with van der Waals surface area (Å²) in [6.45, 7) is 12.9. The van der Waals surface area contributed by atoms with Crippen LogP contribution in [-0.4, -0.2) is 42.4 Å². The minimum Gasteiger partial charge on any atom is -0.463 e. The van der Waals surface area contributed by atoms with Crippen molar-refractivity contribution in [3.63, 3.8) is 0 Å². The molecule has 0 aliphatic carbocycles. The lowest BCUT2D eigenvalue weighted by Gasteiger charge is -2.34. The minimum atomic E-state index is -1.22. The van der Waals surface area contributed by atoms with E-state index in [9.17, 15) is 14.4 Å². The Balaban J connectivity index is 5.85. The number of carbonyl (C=O) groups excluding carboxylic acids is 3. The van der Waals surface area contributed by atoms with Crippen molar-refractivity contribution < 1.29 is 28.6 Å². The van der Waals surface area contributed by atoms with E-state index in [1.54, 1.807) is 26.8 Å². The maximum Gasteiger partial charge on any atom is 0.408 e. The molecule has 1 N–H and O–H groups in total. The van der Waals surface area contributed by atoms with Crippen LogP contribution in [0.3, 0.4) is 0 Å². The topological polar surface area (TPSA) is 90.9 Å². The smallest absolute Gasteiger partial charge is 0.408 e. The molecule has 0 aromatic carbocycles. The van der Waals surface area contributed by atoms with Gasteiger partial charge in [-0.3, -0.25) is 9.59 Å². The van der Waals surface area contributed by atoms with E-state index in [4.69, 9.17) is 25.8 Å². The van der Waals surface area contributed by atoms with E-state index >= 15 is 0 Å². The highest BCUT2D eigenvalue weighted by Crippen LogP contribution is 2.25. The van der Waals surface area contributed by atoms with Gasteiger partial charge in [-0.2, -0.15) is 0 Å². The van der Waals surface area contributed by atoms with Crippen LogP contribution in [0.4, 0.5) is 4.79 Å². The van der Waals surface area contributed by atoms with E-state index < -0.39 is 29.2 Å². The number of carbonyl (C=O) groups is 3. The third-order valence-electron chi connectivity index (χ3n) is 3.61. The van der Waals surface area contributed by atoms with Gasteiger partial charge in [-0.05, 0) is 50.6 Å². The van der Waals surface area contributed by atoms with E-state index in [1.807, 2.05) is 13.0 Å². The lowest BCUT2D eigenvalue weighted by atomic mass is 9.92. The van der Waals surface area contributed by atoms with Gasteiger partial charge in [-0.25, -0.2) is 4.79 Å². The Bertz CT molecular complexity index is 687. The summed E-state index contributed by atoms with van der Waals surface area (Å²) in [7, 11) is 0. The maximum atomic E-state index is 12.5. The molecule has 7 nitrogen and oxygen atoms in total. The van der Waals surface area contributed by atoms with Gasteiger partial charge in [0.1, 0.15) is 24.4 Å². The van der Waals surface area contributed by atoms with Crippen molar-refractivity contribution in [1.82, 2.24) is 5.32 Å². The monoisotopic (exact) mass is 507 g/mol. The first-order valence-corrected chi connectivity index (χ1v) is 10.5. The highest BCUT2D eigenvalue weighted by Gasteiger charge is 2.36. The molecule has 1 amide bonds. The number of alkyl carbamates (subject to hydrolysis) is 1. The third-order valence-corrected chi connectivity index (χ3v) is 4.11. The van der Waals surface area contributed by atoms with Gasteiger partial charge >= 0.3 is 18.0 Å². The maximum absolute atomic E-state index is 12.5. The molecule has 0 bridgehead atoms. The van der Waals surface area contributed by atoms with E-state index in [1.165, 1.54) is 13.8 Å². The Morgan fingerprint density at radius 3 is 1.90 bits per heavy atom. The van der Waals surface area contributed by atoms with Crippen LogP contribution < -0.4 is 5.32 Å². The van der Waals surface area contributed by atoms with E-state index in [0.29, 0.717) is 17.0 Å².